The second-order valence-electron chi connectivity index (χ2n) is 5.58. The summed E-state index contributed by atoms with van der Waals surface area (Å²) in [6.45, 7) is 4.91. The number of likely N-dealkylation sites (N-methyl/N-ethyl adjacent to an activating group) is 1. The smallest absolute Gasteiger partial charge is 0.0589 e. The monoisotopic (exact) mass is 272 g/mol. The third-order valence-electron chi connectivity index (χ3n) is 4.23. The second kappa shape index (κ2) is 10.6. The molecule has 0 amide bonds. The van der Waals surface area contributed by atoms with Gasteiger partial charge in [0.2, 0.25) is 0 Å². The van der Waals surface area contributed by atoms with Gasteiger partial charge in [0.1, 0.15) is 0 Å². The first-order chi connectivity index (χ1) is 9.31. The van der Waals surface area contributed by atoms with Crippen LogP contribution in [0, 0.1) is 5.92 Å². The maximum Gasteiger partial charge on any atom is 0.0589 e. The molecule has 1 aliphatic carbocycles. The van der Waals surface area contributed by atoms with Gasteiger partial charge in [-0.05, 0) is 32.2 Å². The maximum atomic E-state index is 5.23. The van der Waals surface area contributed by atoms with Crippen LogP contribution in [-0.4, -0.2) is 65.1 Å². The molecule has 0 spiro atoms. The minimum atomic E-state index is 0.627. The molecule has 19 heavy (non-hydrogen) atoms. The highest BCUT2D eigenvalue weighted by Gasteiger charge is 2.25. The fraction of sp³-hybridized carbons (Fsp3) is 1.00. The fourth-order valence-corrected chi connectivity index (χ4v) is 3.06. The predicted octanol–water partition coefficient (Wildman–Crippen LogP) is 1.75. The van der Waals surface area contributed by atoms with Crippen LogP contribution in [0.25, 0.3) is 0 Å². The van der Waals surface area contributed by atoms with E-state index >= 15 is 0 Å². The van der Waals surface area contributed by atoms with E-state index in [0.717, 1.165) is 45.2 Å². The summed E-state index contributed by atoms with van der Waals surface area (Å²) in [5.41, 5.74) is 0. The van der Waals surface area contributed by atoms with Gasteiger partial charge in [-0.2, -0.15) is 0 Å². The SMILES string of the molecule is CNC(CN(CCCOC)CCOC)C1CCCC1. The Labute approximate surface area is 118 Å². The van der Waals surface area contributed by atoms with Gasteiger partial charge in [0.25, 0.3) is 0 Å². The van der Waals surface area contributed by atoms with Crippen molar-refractivity contribution in [3.8, 4) is 0 Å². The van der Waals surface area contributed by atoms with Crippen LogP contribution in [0.4, 0.5) is 0 Å². The van der Waals surface area contributed by atoms with Crippen LogP contribution >= 0.6 is 0 Å². The molecule has 1 rings (SSSR count). The zero-order valence-corrected chi connectivity index (χ0v) is 13.0. The molecule has 0 heterocycles. The first kappa shape index (κ1) is 16.9. The number of methoxy groups -OCH3 is 2. The van der Waals surface area contributed by atoms with E-state index in [1.54, 1.807) is 14.2 Å². The summed E-state index contributed by atoms with van der Waals surface area (Å²) in [4.78, 5) is 2.52. The Hall–Kier alpha value is -0.160. The third kappa shape index (κ3) is 6.70. The Kier molecular flexibility index (Phi) is 9.43. The van der Waals surface area contributed by atoms with Gasteiger partial charge in [0, 0.05) is 46.5 Å². The van der Waals surface area contributed by atoms with E-state index < -0.39 is 0 Å². The van der Waals surface area contributed by atoms with Gasteiger partial charge < -0.3 is 14.8 Å². The standard InChI is InChI=1S/C15H32N2O2/c1-16-15(14-7-4-5-8-14)13-17(10-12-19-3)9-6-11-18-2/h14-16H,4-13H2,1-3H3. The van der Waals surface area contributed by atoms with Gasteiger partial charge in [-0.1, -0.05) is 12.8 Å². The van der Waals surface area contributed by atoms with Crippen molar-refractivity contribution in [3.63, 3.8) is 0 Å². The lowest BCUT2D eigenvalue weighted by Gasteiger charge is -2.30. The molecule has 0 aromatic rings. The van der Waals surface area contributed by atoms with Gasteiger partial charge in [0.05, 0.1) is 6.61 Å². The van der Waals surface area contributed by atoms with Crippen molar-refractivity contribution in [2.45, 2.75) is 38.1 Å². The number of hydrogen-bond acceptors (Lipinski definition) is 4. The highest BCUT2D eigenvalue weighted by atomic mass is 16.5. The molecule has 1 atom stereocenters. The summed E-state index contributed by atoms with van der Waals surface area (Å²) < 4.78 is 10.4. The minimum Gasteiger partial charge on any atom is -0.385 e. The van der Waals surface area contributed by atoms with Crippen LogP contribution in [0.15, 0.2) is 0 Å². The van der Waals surface area contributed by atoms with Crippen molar-refractivity contribution in [1.82, 2.24) is 10.2 Å². The van der Waals surface area contributed by atoms with Gasteiger partial charge in [-0.15, -0.1) is 0 Å². The molecule has 0 aliphatic heterocycles. The summed E-state index contributed by atoms with van der Waals surface area (Å²) in [7, 11) is 5.65. The van der Waals surface area contributed by atoms with Gasteiger partial charge in [-0.25, -0.2) is 0 Å². The van der Waals surface area contributed by atoms with Crippen LogP contribution in [0.3, 0.4) is 0 Å². The molecular weight excluding hydrogens is 240 g/mol. The highest BCUT2D eigenvalue weighted by Crippen LogP contribution is 2.28. The number of nitrogens with one attached hydrogen (secondary N) is 1. The number of ether oxygens (including phenoxy) is 2. The van der Waals surface area contributed by atoms with Crippen molar-refractivity contribution in [2.75, 3.05) is 54.1 Å². The quantitative estimate of drug-likeness (QED) is 0.581. The van der Waals surface area contributed by atoms with E-state index in [1.807, 2.05) is 0 Å². The van der Waals surface area contributed by atoms with Gasteiger partial charge >= 0.3 is 0 Å². The Balaban J connectivity index is 2.37. The predicted molar refractivity (Wildman–Crippen MR) is 79.6 cm³/mol. The largest absolute Gasteiger partial charge is 0.385 e. The first-order valence-electron chi connectivity index (χ1n) is 7.69. The van der Waals surface area contributed by atoms with E-state index in [9.17, 15) is 0 Å². The maximum absolute atomic E-state index is 5.23. The molecule has 4 nitrogen and oxygen atoms in total. The van der Waals surface area contributed by atoms with E-state index in [0.29, 0.717) is 6.04 Å². The van der Waals surface area contributed by atoms with Crippen LogP contribution in [0.1, 0.15) is 32.1 Å². The average molecular weight is 272 g/mol. The molecule has 1 saturated carbocycles. The number of rotatable bonds is 11. The van der Waals surface area contributed by atoms with E-state index in [-0.39, 0.29) is 0 Å². The number of nitrogens with zero attached hydrogens (tertiary/aromatic N) is 1. The van der Waals surface area contributed by atoms with E-state index in [1.165, 1.54) is 25.7 Å². The van der Waals surface area contributed by atoms with Crippen molar-refractivity contribution in [3.05, 3.63) is 0 Å². The zero-order chi connectivity index (χ0) is 13.9. The lowest BCUT2D eigenvalue weighted by molar-refractivity contribution is 0.120. The normalized spacial score (nSPS) is 18.3. The molecule has 0 bridgehead atoms. The summed E-state index contributed by atoms with van der Waals surface area (Å²) in [5.74, 6) is 0.859. The third-order valence-corrected chi connectivity index (χ3v) is 4.23. The highest BCUT2D eigenvalue weighted by molar-refractivity contribution is 4.82. The molecule has 114 valence electrons. The fourth-order valence-electron chi connectivity index (χ4n) is 3.06. The molecule has 0 aromatic heterocycles. The molecule has 1 fully saturated rings. The summed E-state index contributed by atoms with van der Waals surface area (Å²) in [6, 6.07) is 0.627. The summed E-state index contributed by atoms with van der Waals surface area (Å²) in [6.07, 6.45) is 6.69. The Morgan fingerprint density at radius 3 is 2.37 bits per heavy atom. The van der Waals surface area contributed by atoms with Crippen LogP contribution in [0.2, 0.25) is 0 Å². The average Bonchev–Trinajstić information content (AvgIpc) is 2.95. The van der Waals surface area contributed by atoms with Crippen molar-refractivity contribution in [2.24, 2.45) is 5.92 Å². The Bertz CT molecular complexity index is 208. The zero-order valence-electron chi connectivity index (χ0n) is 13.0. The van der Waals surface area contributed by atoms with Crippen molar-refractivity contribution < 1.29 is 9.47 Å². The summed E-state index contributed by atoms with van der Waals surface area (Å²) >= 11 is 0. The molecule has 4 heteroatoms. The first-order valence-corrected chi connectivity index (χ1v) is 7.69. The molecule has 0 radical (unpaired) electrons. The molecule has 1 aliphatic rings. The van der Waals surface area contributed by atoms with Crippen molar-refractivity contribution in [1.29, 1.82) is 0 Å². The van der Waals surface area contributed by atoms with Crippen LogP contribution in [-0.2, 0) is 9.47 Å². The van der Waals surface area contributed by atoms with Gasteiger partial charge in [0.15, 0.2) is 0 Å². The Morgan fingerprint density at radius 2 is 1.79 bits per heavy atom. The lowest BCUT2D eigenvalue weighted by atomic mass is 9.97. The van der Waals surface area contributed by atoms with E-state index in [4.69, 9.17) is 9.47 Å². The molecule has 1 unspecified atom stereocenters. The van der Waals surface area contributed by atoms with Crippen LogP contribution < -0.4 is 5.32 Å². The minimum absolute atomic E-state index is 0.627. The van der Waals surface area contributed by atoms with Crippen molar-refractivity contribution >= 4 is 0 Å². The topological polar surface area (TPSA) is 33.7 Å². The molecular formula is C15H32N2O2. The lowest BCUT2D eigenvalue weighted by Crippen LogP contribution is -2.45. The summed E-state index contributed by atoms with van der Waals surface area (Å²) in [5, 5.41) is 3.53. The Morgan fingerprint density at radius 1 is 1.11 bits per heavy atom. The number of hydrogen-bond donors (Lipinski definition) is 1. The second-order valence-corrected chi connectivity index (χ2v) is 5.58. The van der Waals surface area contributed by atoms with E-state index in [2.05, 4.69) is 17.3 Å². The molecule has 1 N–H and O–H groups in total. The van der Waals surface area contributed by atoms with Crippen LogP contribution in [0.5, 0.6) is 0 Å². The molecule has 0 saturated heterocycles. The van der Waals surface area contributed by atoms with Gasteiger partial charge in [-0.3, -0.25) is 4.90 Å². The molecule has 0 aromatic carbocycles.